The van der Waals surface area contributed by atoms with E-state index in [2.05, 4.69) is 5.32 Å². The van der Waals surface area contributed by atoms with Crippen molar-refractivity contribution in [2.45, 2.75) is 25.5 Å². The predicted octanol–water partition coefficient (Wildman–Crippen LogP) is 2.75. The van der Waals surface area contributed by atoms with Gasteiger partial charge in [0.2, 0.25) is 0 Å². The lowest BCUT2D eigenvalue weighted by atomic mass is 10.2. The van der Waals surface area contributed by atoms with Gasteiger partial charge in [-0.25, -0.2) is 4.39 Å². The van der Waals surface area contributed by atoms with Gasteiger partial charge >= 0.3 is 0 Å². The van der Waals surface area contributed by atoms with Gasteiger partial charge in [-0.15, -0.1) is 0 Å². The molecule has 1 aromatic rings. The third-order valence-electron chi connectivity index (χ3n) is 2.75. The maximum atomic E-state index is 12.9. The van der Waals surface area contributed by atoms with Crippen LogP contribution in [0.25, 0.3) is 0 Å². The van der Waals surface area contributed by atoms with Gasteiger partial charge in [0.1, 0.15) is 5.82 Å². The highest BCUT2D eigenvalue weighted by molar-refractivity contribution is 6.31. The van der Waals surface area contributed by atoms with Crippen molar-refractivity contribution in [1.29, 1.82) is 0 Å². The van der Waals surface area contributed by atoms with Crippen molar-refractivity contribution in [3.05, 3.63) is 34.6 Å². The maximum Gasteiger partial charge on any atom is 0.123 e. The Kier molecular flexibility index (Phi) is 4.16. The quantitative estimate of drug-likeness (QED) is 0.878. The molecule has 1 aliphatic heterocycles. The van der Waals surface area contributed by atoms with E-state index in [1.165, 1.54) is 18.6 Å². The summed E-state index contributed by atoms with van der Waals surface area (Å²) >= 11 is 5.93. The summed E-state index contributed by atoms with van der Waals surface area (Å²) in [7, 11) is 0. The van der Waals surface area contributed by atoms with Gasteiger partial charge in [0.25, 0.3) is 0 Å². The smallest absolute Gasteiger partial charge is 0.123 e. The number of rotatable bonds is 4. The van der Waals surface area contributed by atoms with Gasteiger partial charge in [-0.3, -0.25) is 0 Å². The molecule has 0 spiro atoms. The average molecular weight is 244 g/mol. The van der Waals surface area contributed by atoms with Crippen LogP contribution in [-0.4, -0.2) is 19.2 Å². The van der Waals surface area contributed by atoms with Crippen molar-refractivity contribution in [3.63, 3.8) is 0 Å². The highest BCUT2D eigenvalue weighted by Gasteiger charge is 2.13. The first-order chi connectivity index (χ1) is 7.75. The van der Waals surface area contributed by atoms with Gasteiger partial charge in [0.05, 0.1) is 13.2 Å². The Hall–Kier alpha value is -0.640. The third-order valence-corrected chi connectivity index (χ3v) is 3.12. The molecule has 1 unspecified atom stereocenters. The van der Waals surface area contributed by atoms with Crippen molar-refractivity contribution in [2.75, 3.05) is 13.2 Å². The molecule has 1 aliphatic rings. The summed E-state index contributed by atoms with van der Waals surface area (Å²) in [6, 6.07) is 4.77. The molecule has 0 amide bonds. The zero-order valence-electron chi connectivity index (χ0n) is 9.01. The number of benzene rings is 1. The largest absolute Gasteiger partial charge is 0.375 e. The number of nitrogens with one attached hydrogen (secondary N) is 1. The van der Waals surface area contributed by atoms with Crippen molar-refractivity contribution < 1.29 is 9.13 Å². The van der Waals surface area contributed by atoms with Crippen LogP contribution < -0.4 is 5.32 Å². The van der Waals surface area contributed by atoms with Gasteiger partial charge in [-0.2, -0.15) is 0 Å². The minimum Gasteiger partial charge on any atom is -0.375 e. The third kappa shape index (κ3) is 3.17. The summed E-state index contributed by atoms with van der Waals surface area (Å²) in [6.07, 6.45) is 2.35. The van der Waals surface area contributed by atoms with E-state index in [1.54, 1.807) is 6.07 Å². The first-order valence-corrected chi connectivity index (χ1v) is 5.88. The SMILES string of the molecule is Fc1ccc(Cl)c(COCC2CCCN2)c1. The molecule has 2 rings (SSSR count). The molecule has 88 valence electrons. The topological polar surface area (TPSA) is 21.3 Å². The molecule has 1 aromatic carbocycles. The van der Waals surface area contributed by atoms with Gasteiger partial charge in [-0.05, 0) is 43.1 Å². The lowest BCUT2D eigenvalue weighted by Crippen LogP contribution is -2.26. The number of hydrogen-bond acceptors (Lipinski definition) is 2. The van der Waals surface area contributed by atoms with Crippen LogP contribution in [0.2, 0.25) is 5.02 Å². The lowest BCUT2D eigenvalue weighted by molar-refractivity contribution is 0.103. The highest BCUT2D eigenvalue weighted by atomic mass is 35.5. The summed E-state index contributed by atoms with van der Waals surface area (Å²) in [5.74, 6) is -0.276. The van der Waals surface area contributed by atoms with E-state index in [4.69, 9.17) is 16.3 Å². The van der Waals surface area contributed by atoms with E-state index >= 15 is 0 Å². The Morgan fingerprint density at radius 2 is 2.38 bits per heavy atom. The van der Waals surface area contributed by atoms with Crippen LogP contribution in [0, 0.1) is 5.82 Å². The zero-order valence-corrected chi connectivity index (χ0v) is 9.77. The molecule has 0 bridgehead atoms. The molecule has 4 heteroatoms. The fraction of sp³-hybridized carbons (Fsp3) is 0.500. The van der Waals surface area contributed by atoms with Crippen molar-refractivity contribution in [1.82, 2.24) is 5.32 Å². The molecule has 16 heavy (non-hydrogen) atoms. The molecule has 1 saturated heterocycles. The minimum atomic E-state index is -0.276. The second kappa shape index (κ2) is 5.62. The van der Waals surface area contributed by atoms with Crippen LogP contribution in [-0.2, 0) is 11.3 Å². The molecule has 1 atom stereocenters. The fourth-order valence-corrected chi connectivity index (χ4v) is 2.04. The maximum absolute atomic E-state index is 12.9. The average Bonchev–Trinajstić information content (AvgIpc) is 2.76. The van der Waals surface area contributed by atoms with Gasteiger partial charge in [0, 0.05) is 11.1 Å². The molecule has 0 aliphatic carbocycles. The molecule has 0 saturated carbocycles. The highest BCUT2D eigenvalue weighted by Crippen LogP contribution is 2.18. The van der Waals surface area contributed by atoms with E-state index < -0.39 is 0 Å². The van der Waals surface area contributed by atoms with E-state index in [0.29, 0.717) is 29.8 Å². The predicted molar refractivity (Wildman–Crippen MR) is 62.1 cm³/mol. The van der Waals surface area contributed by atoms with Gasteiger partial charge in [-0.1, -0.05) is 11.6 Å². The van der Waals surface area contributed by atoms with Crippen molar-refractivity contribution in [2.24, 2.45) is 0 Å². The lowest BCUT2D eigenvalue weighted by Gasteiger charge is -2.11. The van der Waals surface area contributed by atoms with E-state index in [-0.39, 0.29) is 5.82 Å². The van der Waals surface area contributed by atoms with Crippen LogP contribution in [0.1, 0.15) is 18.4 Å². The number of ether oxygens (including phenoxy) is 1. The number of hydrogen-bond donors (Lipinski definition) is 1. The molecule has 2 nitrogen and oxygen atoms in total. The summed E-state index contributed by atoms with van der Waals surface area (Å²) in [4.78, 5) is 0. The molecule has 0 aromatic heterocycles. The Morgan fingerprint density at radius 3 is 3.12 bits per heavy atom. The van der Waals surface area contributed by atoms with Gasteiger partial charge < -0.3 is 10.1 Å². The standard InChI is InChI=1S/C12H15ClFNO/c13-12-4-3-10(14)6-9(12)7-16-8-11-2-1-5-15-11/h3-4,6,11,15H,1-2,5,7-8H2. The summed E-state index contributed by atoms with van der Waals surface area (Å²) < 4.78 is 18.5. The normalized spacial score (nSPS) is 20.2. The Labute approximate surface area is 99.7 Å². The molecular formula is C12H15ClFNO. The second-order valence-electron chi connectivity index (χ2n) is 4.04. The Bertz CT molecular complexity index is 353. The van der Waals surface area contributed by atoms with Crippen LogP contribution in [0.4, 0.5) is 4.39 Å². The van der Waals surface area contributed by atoms with Crippen molar-refractivity contribution in [3.8, 4) is 0 Å². The van der Waals surface area contributed by atoms with Crippen molar-refractivity contribution >= 4 is 11.6 Å². The zero-order chi connectivity index (χ0) is 11.4. The van der Waals surface area contributed by atoms with Crippen LogP contribution in [0.15, 0.2) is 18.2 Å². The fourth-order valence-electron chi connectivity index (χ4n) is 1.86. The number of halogens is 2. The monoisotopic (exact) mass is 243 g/mol. The Balaban J connectivity index is 1.82. The van der Waals surface area contributed by atoms with Gasteiger partial charge in [0.15, 0.2) is 0 Å². The summed E-state index contributed by atoms with van der Waals surface area (Å²) in [6.45, 7) is 2.09. The van der Waals surface area contributed by atoms with E-state index in [9.17, 15) is 4.39 Å². The second-order valence-corrected chi connectivity index (χ2v) is 4.45. The first-order valence-electron chi connectivity index (χ1n) is 5.51. The Morgan fingerprint density at radius 1 is 1.50 bits per heavy atom. The van der Waals surface area contributed by atoms with Crippen LogP contribution in [0.3, 0.4) is 0 Å². The molecule has 1 N–H and O–H groups in total. The van der Waals surface area contributed by atoms with E-state index in [0.717, 1.165) is 13.0 Å². The summed E-state index contributed by atoms with van der Waals surface area (Å²) in [5.41, 5.74) is 0.708. The minimum absolute atomic E-state index is 0.276. The molecule has 1 heterocycles. The first kappa shape index (κ1) is 11.8. The van der Waals surface area contributed by atoms with Crippen LogP contribution in [0.5, 0.6) is 0 Å². The summed E-state index contributed by atoms with van der Waals surface area (Å²) in [5, 5.41) is 3.89. The molecular weight excluding hydrogens is 229 g/mol. The van der Waals surface area contributed by atoms with E-state index in [1.807, 2.05) is 0 Å². The molecule has 1 fully saturated rings. The van der Waals surface area contributed by atoms with Crippen LogP contribution >= 0.6 is 11.6 Å². The molecule has 0 radical (unpaired) electrons.